The van der Waals surface area contributed by atoms with E-state index in [2.05, 4.69) is 33.6 Å². The van der Waals surface area contributed by atoms with Crippen molar-refractivity contribution in [2.45, 2.75) is 32.4 Å². The van der Waals surface area contributed by atoms with Crippen molar-refractivity contribution in [2.75, 3.05) is 43.4 Å². The number of pyridine rings is 1. The van der Waals surface area contributed by atoms with Crippen LogP contribution in [0, 0.1) is 0 Å². The first kappa shape index (κ1) is 19.9. The standard InChI is InChI=1S/C22H27N7O2/c1-14(8-15-12-30-21(23)25-15)17-4-5-18-20(26-17)27-19(9-24-18)29-10-16(11-29)28-6-7-31-22(2,3)13-28/h4-5,8-9,12,16H,6-7,10-11,13H2,1-3H3,(H2,23,25). The molecule has 2 saturated heterocycles. The Labute approximate surface area is 180 Å². The van der Waals surface area contributed by atoms with Crippen LogP contribution in [0.3, 0.4) is 0 Å². The highest BCUT2D eigenvalue weighted by molar-refractivity contribution is 5.81. The van der Waals surface area contributed by atoms with Crippen molar-refractivity contribution in [2.24, 2.45) is 0 Å². The Morgan fingerprint density at radius 1 is 1.23 bits per heavy atom. The summed E-state index contributed by atoms with van der Waals surface area (Å²) in [7, 11) is 0. The van der Waals surface area contributed by atoms with E-state index in [-0.39, 0.29) is 11.6 Å². The molecule has 162 valence electrons. The second-order valence-corrected chi connectivity index (χ2v) is 8.84. The summed E-state index contributed by atoms with van der Waals surface area (Å²) in [5.74, 6) is 0.867. The Hall–Kier alpha value is -3.04. The fraction of sp³-hybridized carbons (Fsp3) is 0.455. The van der Waals surface area contributed by atoms with E-state index in [0.29, 0.717) is 17.4 Å². The van der Waals surface area contributed by atoms with E-state index >= 15 is 0 Å². The van der Waals surface area contributed by atoms with Gasteiger partial charge in [-0.2, -0.15) is 4.98 Å². The number of hydrogen-bond acceptors (Lipinski definition) is 9. The number of hydrogen-bond donors (Lipinski definition) is 1. The lowest BCUT2D eigenvalue weighted by atomic mass is 10.0. The monoisotopic (exact) mass is 421 g/mol. The van der Waals surface area contributed by atoms with Crippen molar-refractivity contribution in [1.82, 2.24) is 24.8 Å². The number of morpholine rings is 1. The Morgan fingerprint density at radius 2 is 2.06 bits per heavy atom. The molecule has 0 saturated carbocycles. The third kappa shape index (κ3) is 4.11. The summed E-state index contributed by atoms with van der Waals surface area (Å²) in [6, 6.07) is 4.55. The predicted octanol–water partition coefficient (Wildman–Crippen LogP) is 2.45. The first-order chi connectivity index (χ1) is 14.9. The van der Waals surface area contributed by atoms with Gasteiger partial charge in [0, 0.05) is 32.2 Å². The van der Waals surface area contributed by atoms with Crippen molar-refractivity contribution in [3.63, 3.8) is 0 Å². The van der Waals surface area contributed by atoms with Crippen LogP contribution >= 0.6 is 0 Å². The number of aromatic nitrogens is 4. The zero-order chi connectivity index (χ0) is 21.6. The molecule has 9 heteroatoms. The first-order valence-corrected chi connectivity index (χ1v) is 10.5. The third-order valence-electron chi connectivity index (χ3n) is 5.86. The van der Waals surface area contributed by atoms with Gasteiger partial charge in [0.1, 0.15) is 23.3 Å². The molecule has 3 aromatic rings. The quantitative estimate of drug-likeness (QED) is 0.680. The maximum atomic E-state index is 5.84. The fourth-order valence-corrected chi connectivity index (χ4v) is 4.16. The number of rotatable bonds is 4. The molecule has 0 amide bonds. The Kier molecular flexibility index (Phi) is 4.86. The predicted molar refractivity (Wildman–Crippen MR) is 119 cm³/mol. The molecule has 0 spiro atoms. The van der Waals surface area contributed by atoms with E-state index < -0.39 is 0 Å². The van der Waals surface area contributed by atoms with Crippen LogP contribution in [0.25, 0.3) is 22.8 Å². The highest BCUT2D eigenvalue weighted by Gasteiger charge is 2.37. The number of fused-ring (bicyclic) bond motifs is 1. The largest absolute Gasteiger partial charge is 0.432 e. The van der Waals surface area contributed by atoms with Crippen molar-refractivity contribution >= 4 is 34.6 Å². The lowest BCUT2D eigenvalue weighted by Gasteiger charge is -2.50. The zero-order valence-electron chi connectivity index (χ0n) is 18.1. The van der Waals surface area contributed by atoms with Crippen molar-refractivity contribution in [3.8, 4) is 0 Å². The number of nitrogen functional groups attached to an aromatic ring is 1. The molecule has 0 aromatic carbocycles. The van der Waals surface area contributed by atoms with Crippen LogP contribution in [-0.4, -0.2) is 69.3 Å². The van der Waals surface area contributed by atoms with E-state index in [4.69, 9.17) is 24.9 Å². The zero-order valence-corrected chi connectivity index (χ0v) is 18.1. The summed E-state index contributed by atoms with van der Waals surface area (Å²) >= 11 is 0. The second-order valence-electron chi connectivity index (χ2n) is 8.84. The Morgan fingerprint density at radius 3 is 2.81 bits per heavy atom. The van der Waals surface area contributed by atoms with Crippen LogP contribution in [0.4, 0.5) is 11.8 Å². The van der Waals surface area contributed by atoms with Crippen LogP contribution in [0.15, 0.2) is 29.0 Å². The minimum absolute atomic E-state index is 0.0785. The van der Waals surface area contributed by atoms with Gasteiger partial charge in [0.15, 0.2) is 5.65 Å². The number of ether oxygens (including phenoxy) is 1. The maximum Gasteiger partial charge on any atom is 0.292 e. The lowest BCUT2D eigenvalue weighted by Crippen LogP contribution is -2.64. The van der Waals surface area contributed by atoms with Crippen LogP contribution in [-0.2, 0) is 4.74 Å². The van der Waals surface area contributed by atoms with Gasteiger partial charge in [0.2, 0.25) is 0 Å². The molecule has 2 N–H and O–H groups in total. The fourth-order valence-electron chi connectivity index (χ4n) is 4.16. The van der Waals surface area contributed by atoms with Gasteiger partial charge in [-0.25, -0.2) is 15.0 Å². The molecule has 9 nitrogen and oxygen atoms in total. The highest BCUT2D eigenvalue weighted by atomic mass is 16.5. The minimum Gasteiger partial charge on any atom is -0.432 e. The molecular formula is C22H27N7O2. The molecule has 3 aromatic heterocycles. The van der Waals surface area contributed by atoms with Gasteiger partial charge in [-0.05, 0) is 44.6 Å². The van der Waals surface area contributed by atoms with E-state index in [1.54, 1.807) is 0 Å². The normalized spacial score (nSPS) is 20.2. The summed E-state index contributed by atoms with van der Waals surface area (Å²) in [6.07, 6.45) is 5.24. The molecule has 2 aliphatic heterocycles. The van der Waals surface area contributed by atoms with Crippen LogP contribution in [0.2, 0.25) is 0 Å². The van der Waals surface area contributed by atoms with Crippen molar-refractivity contribution in [1.29, 1.82) is 0 Å². The SMILES string of the molecule is CC(=Cc1coc(N)n1)c1ccc2ncc(N3CC(N4CCOC(C)(C)C4)C3)nc2n1. The molecule has 5 heterocycles. The minimum atomic E-state index is -0.0785. The summed E-state index contributed by atoms with van der Waals surface area (Å²) in [5, 5.41) is 0. The van der Waals surface area contributed by atoms with Gasteiger partial charge >= 0.3 is 0 Å². The van der Waals surface area contributed by atoms with Gasteiger partial charge in [0.25, 0.3) is 6.01 Å². The van der Waals surface area contributed by atoms with Gasteiger partial charge in [-0.15, -0.1) is 0 Å². The van der Waals surface area contributed by atoms with Crippen LogP contribution in [0.1, 0.15) is 32.2 Å². The van der Waals surface area contributed by atoms with Gasteiger partial charge in [0.05, 0.1) is 24.1 Å². The molecule has 0 bridgehead atoms. The number of nitrogens with two attached hydrogens (primary N) is 1. The van der Waals surface area contributed by atoms with E-state index in [1.807, 2.05) is 31.3 Å². The average Bonchev–Trinajstić information content (AvgIpc) is 3.10. The van der Waals surface area contributed by atoms with E-state index in [9.17, 15) is 0 Å². The van der Waals surface area contributed by atoms with Crippen LogP contribution < -0.4 is 10.6 Å². The highest BCUT2D eigenvalue weighted by Crippen LogP contribution is 2.27. The number of oxazole rings is 1. The Balaban J connectivity index is 1.31. The topological polar surface area (TPSA) is 106 Å². The molecule has 31 heavy (non-hydrogen) atoms. The molecule has 2 fully saturated rings. The van der Waals surface area contributed by atoms with E-state index in [0.717, 1.165) is 55.4 Å². The second kappa shape index (κ2) is 7.58. The average molecular weight is 422 g/mol. The van der Waals surface area contributed by atoms with Crippen molar-refractivity contribution < 1.29 is 9.15 Å². The molecule has 0 atom stereocenters. The van der Waals surface area contributed by atoms with Gasteiger partial charge < -0.3 is 19.8 Å². The summed E-state index contributed by atoms with van der Waals surface area (Å²) in [5.41, 5.74) is 9.31. The molecule has 0 unspecified atom stereocenters. The van der Waals surface area contributed by atoms with Gasteiger partial charge in [-0.1, -0.05) is 0 Å². The lowest BCUT2D eigenvalue weighted by molar-refractivity contribution is -0.0995. The molecule has 0 radical (unpaired) electrons. The summed E-state index contributed by atoms with van der Waals surface area (Å²) in [6.45, 7) is 10.9. The summed E-state index contributed by atoms with van der Waals surface area (Å²) < 4.78 is 10.9. The number of allylic oxidation sites excluding steroid dienone is 1. The van der Waals surface area contributed by atoms with E-state index in [1.165, 1.54) is 6.26 Å². The first-order valence-electron chi connectivity index (χ1n) is 10.5. The van der Waals surface area contributed by atoms with Gasteiger partial charge in [-0.3, -0.25) is 4.90 Å². The smallest absolute Gasteiger partial charge is 0.292 e. The molecule has 2 aliphatic rings. The molecule has 5 rings (SSSR count). The summed E-state index contributed by atoms with van der Waals surface area (Å²) in [4.78, 5) is 23.0. The third-order valence-corrected chi connectivity index (χ3v) is 5.86. The van der Waals surface area contributed by atoms with Crippen molar-refractivity contribution in [3.05, 3.63) is 36.0 Å². The molecular weight excluding hydrogens is 394 g/mol. The number of anilines is 2. The molecule has 0 aliphatic carbocycles. The maximum absolute atomic E-state index is 5.84. The number of nitrogens with zero attached hydrogens (tertiary/aromatic N) is 6. The van der Waals surface area contributed by atoms with Crippen LogP contribution in [0.5, 0.6) is 0 Å². The Bertz CT molecular complexity index is 1130.